The second-order valence-electron chi connectivity index (χ2n) is 6.26. The summed E-state index contributed by atoms with van der Waals surface area (Å²) >= 11 is 0. The molecule has 2 aromatic rings. The number of hydrogen-bond acceptors (Lipinski definition) is 6. The van der Waals surface area contributed by atoms with Crippen LogP contribution in [0.3, 0.4) is 0 Å². The summed E-state index contributed by atoms with van der Waals surface area (Å²) in [6.07, 6.45) is 1.07. The predicted octanol–water partition coefficient (Wildman–Crippen LogP) is 2.63. The molecule has 0 fully saturated rings. The molecule has 2 rings (SSSR count). The third-order valence-corrected chi connectivity index (χ3v) is 3.75. The number of nitro benzene ring substituents is 1. The van der Waals surface area contributed by atoms with E-state index in [4.69, 9.17) is 4.74 Å². The highest BCUT2D eigenvalue weighted by Gasteiger charge is 2.10. The molecule has 1 N–H and O–H groups in total. The minimum Gasteiger partial charge on any atom is -0.872 e. The average Bonchev–Trinajstić information content (AvgIpc) is 2.61. The van der Waals surface area contributed by atoms with E-state index >= 15 is 0 Å². The molecule has 0 aromatic heterocycles. The van der Waals surface area contributed by atoms with Gasteiger partial charge in [0.05, 0.1) is 11.1 Å². The number of carbonyl (C=O) groups excluding carboxylic acids is 1. The highest BCUT2D eigenvalue weighted by atomic mass is 16.6. The van der Waals surface area contributed by atoms with Crippen LogP contribution in [0, 0.1) is 17.0 Å². The van der Waals surface area contributed by atoms with Crippen molar-refractivity contribution in [3.8, 4) is 11.5 Å². The Kier molecular flexibility index (Phi) is 6.48. The van der Waals surface area contributed by atoms with Crippen molar-refractivity contribution < 1.29 is 19.6 Å². The zero-order valence-corrected chi connectivity index (χ0v) is 15.3. The van der Waals surface area contributed by atoms with Crippen molar-refractivity contribution in [3.05, 3.63) is 63.2 Å². The van der Waals surface area contributed by atoms with E-state index in [2.05, 4.69) is 10.5 Å². The summed E-state index contributed by atoms with van der Waals surface area (Å²) < 4.78 is 5.58. The number of nitrogens with one attached hydrogen (secondary N) is 1. The number of benzene rings is 2. The maximum atomic E-state index is 11.9. The van der Waals surface area contributed by atoms with E-state index in [1.165, 1.54) is 0 Å². The first-order chi connectivity index (χ1) is 12.8. The quantitative estimate of drug-likeness (QED) is 0.457. The van der Waals surface area contributed by atoms with Crippen molar-refractivity contribution in [3.63, 3.8) is 0 Å². The van der Waals surface area contributed by atoms with Crippen LogP contribution in [0.1, 0.15) is 36.5 Å². The van der Waals surface area contributed by atoms with E-state index in [0.29, 0.717) is 5.75 Å². The molecule has 0 aliphatic carbocycles. The summed E-state index contributed by atoms with van der Waals surface area (Å²) in [5.41, 5.74) is 4.02. The molecule has 8 heteroatoms. The second kappa shape index (κ2) is 8.79. The molecule has 0 radical (unpaired) electrons. The number of carbonyl (C=O) groups is 1. The van der Waals surface area contributed by atoms with Crippen LogP contribution in [0.4, 0.5) is 5.69 Å². The Morgan fingerprint density at radius 3 is 2.70 bits per heavy atom. The summed E-state index contributed by atoms with van der Waals surface area (Å²) in [6.45, 7) is 5.74. The monoisotopic (exact) mass is 370 g/mol. The smallest absolute Gasteiger partial charge is 0.277 e. The van der Waals surface area contributed by atoms with Gasteiger partial charge in [0.1, 0.15) is 5.75 Å². The first kappa shape index (κ1) is 19.9. The van der Waals surface area contributed by atoms with Crippen LogP contribution in [-0.4, -0.2) is 23.7 Å². The van der Waals surface area contributed by atoms with Gasteiger partial charge in [0, 0.05) is 12.1 Å². The Morgan fingerprint density at radius 2 is 2.04 bits per heavy atom. The summed E-state index contributed by atoms with van der Waals surface area (Å²) in [4.78, 5) is 22.0. The summed E-state index contributed by atoms with van der Waals surface area (Å²) in [5.74, 6) is -0.0767. The van der Waals surface area contributed by atoms with Crippen molar-refractivity contribution in [1.82, 2.24) is 5.43 Å². The van der Waals surface area contributed by atoms with Crippen LogP contribution in [0.2, 0.25) is 0 Å². The Morgan fingerprint density at radius 1 is 1.30 bits per heavy atom. The van der Waals surface area contributed by atoms with Crippen molar-refractivity contribution in [2.75, 3.05) is 6.61 Å². The lowest BCUT2D eigenvalue weighted by atomic mass is 10.0. The van der Waals surface area contributed by atoms with Gasteiger partial charge < -0.3 is 9.84 Å². The fraction of sp³-hybridized carbons (Fsp3) is 0.263. The molecule has 0 heterocycles. The molecule has 27 heavy (non-hydrogen) atoms. The minimum absolute atomic E-state index is 0.00574. The van der Waals surface area contributed by atoms with Crippen LogP contribution in [0.15, 0.2) is 41.5 Å². The van der Waals surface area contributed by atoms with Gasteiger partial charge >= 0.3 is 0 Å². The van der Waals surface area contributed by atoms with Crippen LogP contribution in [0.5, 0.6) is 11.5 Å². The molecule has 0 unspecified atom stereocenters. The highest BCUT2D eigenvalue weighted by Crippen LogP contribution is 2.27. The molecule has 8 nitrogen and oxygen atoms in total. The van der Waals surface area contributed by atoms with Crippen molar-refractivity contribution >= 4 is 17.8 Å². The topological polar surface area (TPSA) is 117 Å². The molecule has 0 saturated carbocycles. The maximum absolute atomic E-state index is 11.9. The number of aryl methyl sites for hydroxylation is 1. The van der Waals surface area contributed by atoms with Gasteiger partial charge in [0.15, 0.2) is 6.61 Å². The van der Waals surface area contributed by atoms with Crippen LogP contribution < -0.4 is 15.3 Å². The first-order valence-corrected chi connectivity index (χ1v) is 8.28. The third kappa shape index (κ3) is 5.53. The summed E-state index contributed by atoms with van der Waals surface area (Å²) in [5, 5.41) is 26.1. The zero-order chi connectivity index (χ0) is 20.0. The van der Waals surface area contributed by atoms with Gasteiger partial charge in [-0.05, 0) is 35.6 Å². The molecule has 2 aromatic carbocycles. The zero-order valence-electron chi connectivity index (χ0n) is 15.3. The lowest BCUT2D eigenvalue weighted by molar-refractivity contribution is -0.385. The Bertz CT molecular complexity index is 878. The van der Waals surface area contributed by atoms with Gasteiger partial charge in [-0.25, -0.2) is 5.43 Å². The van der Waals surface area contributed by atoms with Crippen molar-refractivity contribution in [1.29, 1.82) is 0 Å². The molecule has 0 spiro atoms. The fourth-order valence-corrected chi connectivity index (χ4v) is 2.34. The lowest BCUT2D eigenvalue weighted by Gasteiger charge is -2.14. The number of rotatable bonds is 7. The summed E-state index contributed by atoms with van der Waals surface area (Å²) in [7, 11) is 0. The van der Waals surface area contributed by atoms with Gasteiger partial charge in [-0.1, -0.05) is 37.8 Å². The van der Waals surface area contributed by atoms with Crippen molar-refractivity contribution in [2.45, 2.75) is 26.7 Å². The van der Waals surface area contributed by atoms with Crippen LogP contribution in [0.25, 0.3) is 0 Å². The number of nitrogens with zero attached hydrogens (tertiary/aromatic N) is 2. The van der Waals surface area contributed by atoms with E-state index < -0.39 is 16.6 Å². The van der Waals surface area contributed by atoms with E-state index in [1.54, 1.807) is 0 Å². The minimum atomic E-state index is -0.614. The summed E-state index contributed by atoms with van der Waals surface area (Å²) in [6, 6.07) is 9.08. The third-order valence-electron chi connectivity index (χ3n) is 3.75. The van der Waals surface area contributed by atoms with Crippen LogP contribution >= 0.6 is 0 Å². The van der Waals surface area contributed by atoms with E-state index in [-0.39, 0.29) is 23.8 Å². The standard InChI is InChI=1S/C19H21N3O5/c1-12(2)16-6-4-13(3)8-18(16)27-11-19(24)21-20-10-14-9-15(22(25)26)5-7-17(14)23/h4-10,12,23H,11H2,1-3H3,(H,21,24)/p-1/b20-10-. The van der Waals surface area contributed by atoms with E-state index in [0.717, 1.165) is 35.5 Å². The number of ether oxygens (including phenoxy) is 1. The number of amides is 1. The number of hydrazone groups is 1. The molecule has 0 saturated heterocycles. The largest absolute Gasteiger partial charge is 0.872 e. The molecule has 0 atom stereocenters. The number of non-ortho nitro benzene ring substituents is 1. The van der Waals surface area contributed by atoms with Crippen molar-refractivity contribution in [2.24, 2.45) is 5.10 Å². The molecule has 142 valence electrons. The molecule has 0 bridgehead atoms. The second-order valence-corrected chi connectivity index (χ2v) is 6.26. The number of hydrogen-bond donors (Lipinski definition) is 1. The SMILES string of the molecule is Cc1ccc(C(C)C)c(OCC(=O)N/N=C\c2cc([N+](=O)[O-])ccc2[O-])c1. The maximum Gasteiger partial charge on any atom is 0.277 e. The molecule has 0 aliphatic rings. The molecular weight excluding hydrogens is 350 g/mol. The van der Waals surface area contributed by atoms with E-state index in [9.17, 15) is 20.0 Å². The Hall–Kier alpha value is -3.42. The Balaban J connectivity index is 1.98. The van der Waals surface area contributed by atoms with Gasteiger partial charge in [-0.15, -0.1) is 0 Å². The van der Waals surface area contributed by atoms with Gasteiger partial charge in [0.2, 0.25) is 0 Å². The average molecular weight is 370 g/mol. The Labute approximate surface area is 156 Å². The highest BCUT2D eigenvalue weighted by molar-refractivity contribution is 5.86. The van der Waals surface area contributed by atoms with Crippen LogP contribution in [-0.2, 0) is 4.79 Å². The normalized spacial score (nSPS) is 11.0. The molecular formula is C19H20N3O5-. The lowest BCUT2D eigenvalue weighted by Crippen LogP contribution is -2.25. The number of nitro groups is 1. The fourth-order valence-electron chi connectivity index (χ4n) is 2.34. The predicted molar refractivity (Wildman–Crippen MR) is 99.0 cm³/mol. The molecule has 0 aliphatic heterocycles. The first-order valence-electron chi connectivity index (χ1n) is 8.28. The molecule has 1 amide bonds. The van der Waals surface area contributed by atoms with Gasteiger partial charge in [-0.2, -0.15) is 5.10 Å². The van der Waals surface area contributed by atoms with Gasteiger partial charge in [-0.3, -0.25) is 14.9 Å². The van der Waals surface area contributed by atoms with Gasteiger partial charge in [0.25, 0.3) is 11.6 Å². The van der Waals surface area contributed by atoms with E-state index in [1.807, 2.05) is 39.0 Å².